The van der Waals surface area contributed by atoms with E-state index in [0.29, 0.717) is 11.1 Å². The van der Waals surface area contributed by atoms with Crippen molar-refractivity contribution in [2.45, 2.75) is 0 Å². The van der Waals surface area contributed by atoms with E-state index in [1.807, 2.05) is 30.3 Å². The van der Waals surface area contributed by atoms with Gasteiger partial charge in [0, 0.05) is 17.1 Å². The van der Waals surface area contributed by atoms with Crippen molar-refractivity contribution in [1.82, 2.24) is 4.57 Å². The maximum atomic E-state index is 12.3. The molecule has 0 spiro atoms. The highest BCUT2D eigenvalue weighted by Gasteiger charge is 2.13. The first kappa shape index (κ1) is 10.6. The van der Waals surface area contributed by atoms with Crippen LogP contribution in [0.1, 0.15) is 10.4 Å². The van der Waals surface area contributed by atoms with Crippen LogP contribution in [0.5, 0.6) is 5.75 Å². The minimum absolute atomic E-state index is 0.113. The largest absolute Gasteiger partial charge is 0.506 e. The average Bonchev–Trinajstić information content (AvgIpc) is 2.84. The molecule has 0 aliphatic carbocycles. The van der Waals surface area contributed by atoms with Crippen LogP contribution in [0.2, 0.25) is 0 Å². The minimum atomic E-state index is -0.146. The molecule has 0 saturated carbocycles. The van der Waals surface area contributed by atoms with Gasteiger partial charge < -0.3 is 5.11 Å². The van der Waals surface area contributed by atoms with E-state index >= 15 is 0 Å². The number of para-hydroxylation sites is 1. The van der Waals surface area contributed by atoms with E-state index in [-0.39, 0.29) is 11.7 Å². The molecule has 0 saturated heterocycles. The van der Waals surface area contributed by atoms with Gasteiger partial charge in [-0.1, -0.05) is 30.3 Å². The van der Waals surface area contributed by atoms with Crippen LogP contribution in [0.3, 0.4) is 0 Å². The fourth-order valence-corrected chi connectivity index (χ4v) is 2.06. The molecule has 3 rings (SSSR count). The van der Waals surface area contributed by atoms with Crippen LogP contribution in [0.25, 0.3) is 10.9 Å². The lowest BCUT2D eigenvalue weighted by Gasteiger charge is -2.05. The second-order valence-corrected chi connectivity index (χ2v) is 4.07. The molecule has 1 aromatic heterocycles. The van der Waals surface area contributed by atoms with Gasteiger partial charge in [0.15, 0.2) is 0 Å². The zero-order valence-corrected chi connectivity index (χ0v) is 9.58. The van der Waals surface area contributed by atoms with Gasteiger partial charge in [0.25, 0.3) is 5.91 Å². The van der Waals surface area contributed by atoms with Gasteiger partial charge >= 0.3 is 0 Å². The standard InChI is InChI=1S/C15H11NO2/c17-13-8-4-7-11-9-10-16(14(11)13)15(18)12-5-2-1-3-6-12/h1-10,17H. The van der Waals surface area contributed by atoms with Gasteiger partial charge in [-0.15, -0.1) is 0 Å². The number of nitrogens with zero attached hydrogens (tertiary/aromatic N) is 1. The molecule has 0 bridgehead atoms. The van der Waals surface area contributed by atoms with E-state index in [9.17, 15) is 9.90 Å². The number of aromatic hydroxyl groups is 1. The first-order valence-electron chi connectivity index (χ1n) is 5.66. The molecule has 0 radical (unpaired) electrons. The Morgan fingerprint density at radius 1 is 0.944 bits per heavy atom. The molecular weight excluding hydrogens is 226 g/mol. The number of phenolic OH excluding ortho intramolecular Hbond substituents is 1. The molecule has 1 N–H and O–H groups in total. The molecule has 0 amide bonds. The highest BCUT2D eigenvalue weighted by atomic mass is 16.3. The Balaban J connectivity index is 2.19. The summed E-state index contributed by atoms with van der Waals surface area (Å²) in [7, 11) is 0. The number of aromatic nitrogens is 1. The van der Waals surface area contributed by atoms with Crippen LogP contribution < -0.4 is 0 Å². The Bertz CT molecular complexity index is 714. The fourth-order valence-electron chi connectivity index (χ4n) is 2.06. The molecular formula is C15H11NO2. The van der Waals surface area contributed by atoms with Crippen molar-refractivity contribution < 1.29 is 9.90 Å². The number of phenols is 1. The first-order chi connectivity index (χ1) is 8.77. The van der Waals surface area contributed by atoms with Crippen LogP contribution in [-0.2, 0) is 0 Å². The highest BCUT2D eigenvalue weighted by molar-refractivity contribution is 6.03. The van der Waals surface area contributed by atoms with Crippen molar-refractivity contribution in [1.29, 1.82) is 0 Å². The van der Waals surface area contributed by atoms with E-state index in [0.717, 1.165) is 5.39 Å². The molecule has 1 heterocycles. The van der Waals surface area contributed by atoms with Crippen LogP contribution in [0.4, 0.5) is 0 Å². The lowest BCUT2D eigenvalue weighted by molar-refractivity contribution is 0.0964. The summed E-state index contributed by atoms with van der Waals surface area (Å²) in [5.74, 6) is -0.0334. The van der Waals surface area contributed by atoms with Crippen molar-refractivity contribution >= 4 is 16.8 Å². The summed E-state index contributed by atoms with van der Waals surface area (Å²) in [6.45, 7) is 0. The quantitative estimate of drug-likeness (QED) is 0.706. The van der Waals surface area contributed by atoms with Crippen LogP contribution >= 0.6 is 0 Å². The zero-order chi connectivity index (χ0) is 12.5. The fraction of sp³-hybridized carbons (Fsp3) is 0. The summed E-state index contributed by atoms with van der Waals surface area (Å²) in [5.41, 5.74) is 1.14. The molecule has 0 unspecified atom stereocenters. The molecule has 88 valence electrons. The maximum absolute atomic E-state index is 12.3. The van der Waals surface area contributed by atoms with E-state index in [2.05, 4.69) is 0 Å². The normalized spacial score (nSPS) is 10.7. The number of hydrogen-bond donors (Lipinski definition) is 1. The van der Waals surface area contributed by atoms with Gasteiger partial charge in [-0.25, -0.2) is 0 Å². The van der Waals surface area contributed by atoms with Gasteiger partial charge in [0.2, 0.25) is 0 Å². The lowest BCUT2D eigenvalue weighted by atomic mass is 10.2. The molecule has 3 nitrogen and oxygen atoms in total. The number of benzene rings is 2. The summed E-state index contributed by atoms with van der Waals surface area (Å²) >= 11 is 0. The van der Waals surface area contributed by atoms with Crippen LogP contribution in [0.15, 0.2) is 60.8 Å². The summed E-state index contributed by atoms with van der Waals surface area (Å²) in [6, 6.07) is 16.0. The minimum Gasteiger partial charge on any atom is -0.506 e. The molecule has 0 aliphatic heterocycles. The predicted octanol–water partition coefficient (Wildman–Crippen LogP) is 3.04. The number of carbonyl (C=O) groups excluding carboxylic acids is 1. The monoisotopic (exact) mass is 237 g/mol. The second kappa shape index (κ2) is 4.04. The van der Waals surface area contributed by atoms with E-state index < -0.39 is 0 Å². The van der Waals surface area contributed by atoms with E-state index in [1.54, 1.807) is 30.5 Å². The van der Waals surface area contributed by atoms with Crippen molar-refractivity contribution in [3.8, 4) is 5.75 Å². The molecule has 0 aliphatic rings. The van der Waals surface area contributed by atoms with Crippen molar-refractivity contribution in [2.24, 2.45) is 0 Å². The Kier molecular flexibility index (Phi) is 2.38. The third-order valence-electron chi connectivity index (χ3n) is 2.93. The molecule has 18 heavy (non-hydrogen) atoms. The van der Waals surface area contributed by atoms with Gasteiger partial charge in [0.1, 0.15) is 5.75 Å². The first-order valence-corrected chi connectivity index (χ1v) is 5.66. The zero-order valence-electron chi connectivity index (χ0n) is 9.58. The predicted molar refractivity (Wildman–Crippen MR) is 69.8 cm³/mol. The van der Waals surface area contributed by atoms with Crippen molar-refractivity contribution in [3.05, 3.63) is 66.4 Å². The van der Waals surface area contributed by atoms with Gasteiger partial charge in [-0.2, -0.15) is 0 Å². The molecule has 2 aromatic carbocycles. The Morgan fingerprint density at radius 3 is 2.50 bits per heavy atom. The van der Waals surface area contributed by atoms with Gasteiger partial charge in [-0.3, -0.25) is 9.36 Å². The number of hydrogen-bond acceptors (Lipinski definition) is 2. The van der Waals surface area contributed by atoms with E-state index in [1.165, 1.54) is 4.57 Å². The number of fused-ring (bicyclic) bond motifs is 1. The Labute approximate surface area is 104 Å². The van der Waals surface area contributed by atoms with Crippen LogP contribution in [0, 0.1) is 0 Å². The van der Waals surface area contributed by atoms with E-state index in [4.69, 9.17) is 0 Å². The summed E-state index contributed by atoms with van der Waals surface area (Å²) < 4.78 is 1.47. The third-order valence-corrected chi connectivity index (χ3v) is 2.93. The molecule has 0 fully saturated rings. The lowest BCUT2D eigenvalue weighted by Crippen LogP contribution is -2.10. The highest BCUT2D eigenvalue weighted by Crippen LogP contribution is 2.25. The number of rotatable bonds is 1. The topological polar surface area (TPSA) is 42.2 Å². The summed E-state index contributed by atoms with van der Waals surface area (Å²) in [5, 5.41) is 10.7. The Morgan fingerprint density at radius 2 is 1.72 bits per heavy atom. The third kappa shape index (κ3) is 1.57. The second-order valence-electron chi connectivity index (χ2n) is 4.07. The molecule has 0 atom stereocenters. The maximum Gasteiger partial charge on any atom is 0.262 e. The van der Waals surface area contributed by atoms with Crippen molar-refractivity contribution in [3.63, 3.8) is 0 Å². The summed E-state index contributed by atoms with van der Waals surface area (Å²) in [6.07, 6.45) is 1.68. The van der Waals surface area contributed by atoms with Gasteiger partial charge in [-0.05, 0) is 24.3 Å². The average molecular weight is 237 g/mol. The van der Waals surface area contributed by atoms with Gasteiger partial charge in [0.05, 0.1) is 5.52 Å². The molecule has 3 heteroatoms. The van der Waals surface area contributed by atoms with Crippen molar-refractivity contribution in [2.75, 3.05) is 0 Å². The summed E-state index contributed by atoms with van der Waals surface area (Å²) in [4.78, 5) is 12.3. The number of carbonyl (C=O) groups is 1. The smallest absolute Gasteiger partial charge is 0.262 e. The van der Waals surface area contributed by atoms with Crippen LogP contribution in [-0.4, -0.2) is 15.6 Å². The Hall–Kier alpha value is -2.55. The SMILES string of the molecule is O=C(c1ccccc1)n1ccc2cccc(O)c21. The molecule has 3 aromatic rings.